The standard InChI is InChI=1S/C28H33N7O6/c1-7-14(2)21-25(36)32-22-24(31-21)33-28(41-20-12-15(23(29)30)8-9-19(20)39-6)34-26(22)40-18-11-16(27(37)35(3)4)10-17(13-18)38-5/h8-14,21H,7H2,1-6H3,(H3,29,30)(H,32,36)(H,31,33,34). The number of carbonyl (C=O) groups excluding carboxylic acids is 2. The number of rotatable bonds is 9. The van der Waals surface area contributed by atoms with E-state index in [0.717, 1.165) is 6.42 Å². The van der Waals surface area contributed by atoms with Crippen molar-refractivity contribution in [2.75, 3.05) is 28.3 Å². The summed E-state index contributed by atoms with van der Waals surface area (Å²) in [5, 5.41) is 13.6. The first-order valence-electron chi connectivity index (χ1n) is 12.8. The van der Waals surface area contributed by atoms with Gasteiger partial charge in [0.25, 0.3) is 11.8 Å². The number of nitrogens with one attached hydrogen (secondary N) is 3. The van der Waals surface area contributed by atoms with E-state index >= 15 is 0 Å². The van der Waals surface area contributed by atoms with Crippen LogP contribution in [0.2, 0.25) is 0 Å². The summed E-state index contributed by atoms with van der Waals surface area (Å²) in [7, 11) is 6.22. The molecule has 13 nitrogen and oxygen atoms in total. The van der Waals surface area contributed by atoms with Crippen LogP contribution in [0.5, 0.6) is 23.0 Å². The molecule has 41 heavy (non-hydrogen) atoms. The lowest BCUT2D eigenvalue weighted by Gasteiger charge is -2.30. The number of benzene rings is 2. The summed E-state index contributed by atoms with van der Waals surface area (Å²) < 4.78 is 23.0. The molecule has 0 radical (unpaired) electrons. The van der Waals surface area contributed by atoms with Crippen molar-refractivity contribution < 1.29 is 28.5 Å². The van der Waals surface area contributed by atoms with Crippen molar-refractivity contribution in [2.45, 2.75) is 26.3 Å². The quantitative estimate of drug-likeness (QED) is 0.265. The number of ether oxygens (including phenoxy) is 4. The lowest BCUT2D eigenvalue weighted by Crippen LogP contribution is -2.52. The van der Waals surface area contributed by atoms with Crippen LogP contribution in [0.25, 0.3) is 0 Å². The highest BCUT2D eigenvalue weighted by Gasteiger charge is 2.36. The van der Waals surface area contributed by atoms with Gasteiger partial charge in [-0.05, 0) is 36.2 Å². The molecule has 0 aliphatic carbocycles. The number of aliphatic imine (C=N–C) groups is 2. The number of nitrogens with zero attached hydrogens (tertiary/aromatic N) is 3. The maximum atomic E-state index is 13.0. The molecule has 5 N–H and O–H groups in total. The van der Waals surface area contributed by atoms with Crippen molar-refractivity contribution >= 4 is 29.5 Å². The third kappa shape index (κ3) is 6.24. The summed E-state index contributed by atoms with van der Waals surface area (Å²) in [5.41, 5.74) is 6.61. The normalized spacial score (nSPS) is 16.7. The molecule has 0 saturated heterocycles. The van der Waals surface area contributed by atoms with Crippen molar-refractivity contribution in [3.63, 3.8) is 0 Å². The Balaban J connectivity index is 1.80. The number of nitrogens with two attached hydrogens (primary N) is 1. The lowest BCUT2D eigenvalue weighted by atomic mass is 9.97. The molecular weight excluding hydrogens is 530 g/mol. The number of methoxy groups -OCH3 is 2. The highest BCUT2D eigenvalue weighted by atomic mass is 16.5. The van der Waals surface area contributed by atoms with E-state index in [1.807, 2.05) is 13.8 Å². The summed E-state index contributed by atoms with van der Waals surface area (Å²) in [5.74, 6) is 0.712. The molecule has 216 valence electrons. The zero-order valence-electron chi connectivity index (χ0n) is 23.7. The maximum Gasteiger partial charge on any atom is 0.304 e. The van der Waals surface area contributed by atoms with Gasteiger partial charge in [-0.25, -0.2) is 0 Å². The Morgan fingerprint density at radius 3 is 2.41 bits per heavy atom. The number of carbonyl (C=O) groups is 2. The Morgan fingerprint density at radius 2 is 1.78 bits per heavy atom. The molecule has 2 aromatic rings. The molecule has 2 atom stereocenters. The summed E-state index contributed by atoms with van der Waals surface area (Å²) in [6, 6.07) is 8.82. The molecule has 0 spiro atoms. The number of fused-ring (bicyclic) bond motifs is 1. The monoisotopic (exact) mass is 563 g/mol. The number of amides is 2. The van der Waals surface area contributed by atoms with Gasteiger partial charge in [-0.3, -0.25) is 25.3 Å². The van der Waals surface area contributed by atoms with Crippen molar-refractivity contribution in [2.24, 2.45) is 21.6 Å². The Bertz CT molecular complexity index is 1480. The Hall–Kier alpha value is -5.07. The smallest absolute Gasteiger partial charge is 0.304 e. The van der Waals surface area contributed by atoms with Gasteiger partial charge in [-0.2, -0.15) is 4.99 Å². The topological polar surface area (TPSA) is 173 Å². The molecule has 0 bridgehead atoms. The SMILES string of the molecule is CCC(C)C1N=C2NC(Oc3cc(C(=N)N)ccc3OC)=NC(Oc3cc(OC)cc(C(=O)N(C)C)c3)=C2NC1=O. The van der Waals surface area contributed by atoms with Crippen molar-refractivity contribution in [3.8, 4) is 23.0 Å². The van der Waals surface area contributed by atoms with Gasteiger partial charge in [0.1, 0.15) is 29.1 Å². The fraction of sp³-hybridized carbons (Fsp3) is 0.321. The molecule has 2 aliphatic heterocycles. The second-order valence-electron chi connectivity index (χ2n) is 9.60. The van der Waals surface area contributed by atoms with E-state index in [0.29, 0.717) is 22.6 Å². The molecule has 2 unspecified atom stereocenters. The molecule has 0 fully saturated rings. The molecule has 4 rings (SSSR count). The van der Waals surface area contributed by atoms with Gasteiger partial charge in [0.2, 0.25) is 5.91 Å². The van der Waals surface area contributed by atoms with E-state index < -0.39 is 6.04 Å². The van der Waals surface area contributed by atoms with Crippen LogP contribution in [-0.2, 0) is 4.79 Å². The van der Waals surface area contributed by atoms with Gasteiger partial charge in [-0.15, -0.1) is 0 Å². The van der Waals surface area contributed by atoms with Gasteiger partial charge < -0.3 is 34.9 Å². The van der Waals surface area contributed by atoms with Gasteiger partial charge in [0.15, 0.2) is 17.3 Å². The molecule has 13 heteroatoms. The van der Waals surface area contributed by atoms with Gasteiger partial charge in [-0.1, -0.05) is 20.3 Å². The third-order valence-electron chi connectivity index (χ3n) is 6.51. The van der Waals surface area contributed by atoms with Crippen LogP contribution in [0.1, 0.15) is 36.2 Å². The van der Waals surface area contributed by atoms with Crippen LogP contribution in [-0.4, -0.2) is 68.8 Å². The zero-order chi connectivity index (χ0) is 29.8. The fourth-order valence-corrected chi connectivity index (χ4v) is 4.05. The summed E-state index contributed by atoms with van der Waals surface area (Å²) >= 11 is 0. The lowest BCUT2D eigenvalue weighted by molar-refractivity contribution is -0.122. The van der Waals surface area contributed by atoms with E-state index in [1.165, 1.54) is 19.1 Å². The van der Waals surface area contributed by atoms with E-state index in [1.54, 1.807) is 50.5 Å². The minimum Gasteiger partial charge on any atom is -0.497 e. The largest absolute Gasteiger partial charge is 0.497 e. The van der Waals surface area contributed by atoms with Gasteiger partial charge in [0, 0.05) is 31.3 Å². The number of hydrogen-bond acceptors (Lipinski definition) is 10. The highest BCUT2D eigenvalue weighted by molar-refractivity contribution is 6.14. The molecule has 2 heterocycles. The van der Waals surface area contributed by atoms with Crippen molar-refractivity contribution in [1.29, 1.82) is 5.41 Å². The van der Waals surface area contributed by atoms with Crippen LogP contribution in [0.4, 0.5) is 0 Å². The molecule has 0 saturated carbocycles. The average molecular weight is 564 g/mol. The Labute approximate surface area is 237 Å². The summed E-state index contributed by atoms with van der Waals surface area (Å²) in [6.45, 7) is 3.92. The summed E-state index contributed by atoms with van der Waals surface area (Å²) in [4.78, 5) is 36.2. The van der Waals surface area contributed by atoms with E-state index in [2.05, 4.69) is 20.6 Å². The highest BCUT2D eigenvalue weighted by Crippen LogP contribution is 2.31. The number of amidine groups is 3. The average Bonchev–Trinajstić information content (AvgIpc) is 2.96. The van der Waals surface area contributed by atoms with Crippen molar-refractivity contribution in [3.05, 3.63) is 59.1 Å². The van der Waals surface area contributed by atoms with Crippen molar-refractivity contribution in [1.82, 2.24) is 15.5 Å². The fourth-order valence-electron chi connectivity index (χ4n) is 4.05. The van der Waals surface area contributed by atoms with E-state index in [4.69, 9.17) is 30.1 Å². The second kappa shape index (κ2) is 12.0. The van der Waals surface area contributed by atoms with Crippen LogP contribution in [0, 0.1) is 11.3 Å². The predicted molar refractivity (Wildman–Crippen MR) is 153 cm³/mol. The maximum absolute atomic E-state index is 13.0. The molecule has 2 amide bonds. The Morgan fingerprint density at radius 1 is 1.05 bits per heavy atom. The van der Waals surface area contributed by atoms with Gasteiger partial charge >= 0.3 is 6.02 Å². The first-order valence-corrected chi connectivity index (χ1v) is 12.8. The van der Waals surface area contributed by atoms with Gasteiger partial charge in [0.05, 0.1) is 14.2 Å². The molecule has 2 aromatic carbocycles. The molecule has 0 aromatic heterocycles. The first-order chi connectivity index (χ1) is 19.5. The third-order valence-corrected chi connectivity index (χ3v) is 6.51. The minimum atomic E-state index is -0.649. The van der Waals surface area contributed by atoms with Crippen LogP contribution in [0.15, 0.2) is 58.0 Å². The zero-order valence-corrected chi connectivity index (χ0v) is 23.7. The number of hydrogen-bond donors (Lipinski definition) is 4. The van der Waals surface area contributed by atoms with Crippen LogP contribution in [0.3, 0.4) is 0 Å². The second-order valence-corrected chi connectivity index (χ2v) is 9.60. The minimum absolute atomic E-state index is 0.0342. The Kier molecular flexibility index (Phi) is 8.45. The van der Waals surface area contributed by atoms with Crippen LogP contribution < -0.4 is 35.3 Å². The number of nitrogen functional groups attached to an aromatic ring is 1. The predicted octanol–water partition coefficient (Wildman–Crippen LogP) is 2.22. The van der Waals surface area contributed by atoms with Crippen LogP contribution >= 0.6 is 0 Å². The summed E-state index contributed by atoms with van der Waals surface area (Å²) in [6.07, 6.45) is 0.732. The molecule has 2 aliphatic rings. The molecular formula is C28H33N7O6. The van der Waals surface area contributed by atoms with E-state index in [-0.39, 0.29) is 58.5 Å². The first kappa shape index (κ1) is 28.9. The van der Waals surface area contributed by atoms with E-state index in [9.17, 15) is 9.59 Å².